The molecule has 0 unspecified atom stereocenters. The number of para-hydroxylation sites is 1. The molecule has 2 heterocycles. The topological polar surface area (TPSA) is 50.9 Å². The Morgan fingerprint density at radius 2 is 1.06 bits per heavy atom. The lowest BCUT2D eigenvalue weighted by atomic mass is 9.78. The summed E-state index contributed by atoms with van der Waals surface area (Å²) >= 11 is 0. The van der Waals surface area contributed by atoms with E-state index in [9.17, 15) is 5.11 Å². The van der Waals surface area contributed by atoms with Crippen LogP contribution in [0.4, 0.5) is 0 Å². The highest BCUT2D eigenvalue weighted by molar-refractivity contribution is 5.97. The molecule has 0 bridgehead atoms. The highest BCUT2D eigenvalue weighted by Gasteiger charge is 2.31. The molecule has 0 amide bonds. The molecular weight excluding hydrogens is 803 g/mol. The predicted molar refractivity (Wildman–Crippen MR) is 281 cm³/mol. The third-order valence-corrected chi connectivity index (χ3v) is 12.8. The Morgan fingerprint density at radius 3 is 1.70 bits per heavy atom. The molecule has 0 atom stereocenters. The van der Waals surface area contributed by atoms with E-state index in [1.165, 1.54) is 12.5 Å². The van der Waals surface area contributed by atoms with Crippen LogP contribution >= 0.6 is 0 Å². The van der Waals surface area contributed by atoms with Gasteiger partial charge >= 0.3 is 0 Å². The van der Waals surface area contributed by atoms with Gasteiger partial charge in [-0.25, -0.2) is 4.98 Å². The average molecular weight is 878 g/mol. The summed E-state index contributed by atoms with van der Waals surface area (Å²) in [7, 11) is 0. The van der Waals surface area contributed by atoms with Crippen molar-refractivity contribution in [3.05, 3.63) is 167 Å². The highest BCUT2D eigenvalue weighted by Crippen LogP contribution is 2.46. The quantitative estimate of drug-likeness (QED) is 0.181. The minimum absolute atomic E-state index is 0.0353. The van der Waals surface area contributed by atoms with Gasteiger partial charge in [-0.2, -0.15) is 0 Å². The van der Waals surface area contributed by atoms with Crippen LogP contribution in [0.5, 0.6) is 5.75 Å². The minimum atomic E-state index is -3.02. The molecule has 0 fully saturated rings. The Bertz CT molecular complexity index is 3300. The van der Waals surface area contributed by atoms with Gasteiger partial charge in [-0.1, -0.05) is 189 Å². The molecule has 6 aromatic carbocycles. The maximum atomic E-state index is 12.8. The lowest BCUT2D eigenvalue weighted by Crippen LogP contribution is -2.18. The second-order valence-electron chi connectivity index (χ2n) is 22.4. The lowest BCUT2D eigenvalue weighted by Gasteiger charge is -2.28. The van der Waals surface area contributed by atoms with Gasteiger partial charge in [-0.3, -0.25) is 9.55 Å². The number of phenolic OH excluding ortho intramolecular Hbond substituents is 1. The van der Waals surface area contributed by atoms with Crippen molar-refractivity contribution >= 4 is 11.0 Å². The number of rotatable bonds is 6. The zero-order chi connectivity index (χ0) is 52.7. The minimum Gasteiger partial charge on any atom is -0.507 e. The van der Waals surface area contributed by atoms with E-state index in [1.54, 1.807) is 6.07 Å². The Balaban J connectivity index is 1.46. The first-order chi connectivity index (χ1) is 33.3. The van der Waals surface area contributed by atoms with Crippen LogP contribution in [0, 0.1) is 0 Å². The number of hydrogen-bond donors (Lipinski definition) is 1. The van der Waals surface area contributed by atoms with E-state index in [2.05, 4.69) is 152 Å². The molecule has 0 aliphatic heterocycles. The van der Waals surface area contributed by atoms with E-state index >= 15 is 0 Å². The third-order valence-electron chi connectivity index (χ3n) is 12.8. The Labute approximate surface area is 403 Å². The fourth-order valence-corrected chi connectivity index (χ4v) is 8.81. The largest absolute Gasteiger partial charge is 0.507 e. The number of aromatic hydroxyl groups is 1. The summed E-state index contributed by atoms with van der Waals surface area (Å²) in [4.78, 5) is 10.5. The maximum absolute atomic E-state index is 12.8. The summed E-state index contributed by atoms with van der Waals surface area (Å²) in [6.07, 6.45) is 1.87. The van der Waals surface area contributed by atoms with Gasteiger partial charge < -0.3 is 5.11 Å². The van der Waals surface area contributed by atoms with Crippen molar-refractivity contribution in [1.29, 1.82) is 0 Å². The molecule has 2 aromatic heterocycles. The van der Waals surface area contributed by atoms with Crippen LogP contribution in [0.15, 0.2) is 140 Å². The van der Waals surface area contributed by atoms with Crippen molar-refractivity contribution in [2.75, 3.05) is 0 Å². The molecule has 338 valence electrons. The van der Waals surface area contributed by atoms with Crippen molar-refractivity contribution in [1.82, 2.24) is 14.5 Å². The van der Waals surface area contributed by atoms with Crippen molar-refractivity contribution < 1.29 is 13.3 Å². The molecule has 1 N–H and O–H groups in total. The van der Waals surface area contributed by atoms with Gasteiger partial charge in [0.05, 0.1) is 28.0 Å². The van der Waals surface area contributed by atoms with Gasteiger partial charge in [-0.15, -0.1) is 0 Å². The van der Waals surface area contributed by atoms with E-state index in [-0.39, 0.29) is 22.0 Å². The molecule has 4 heteroatoms. The van der Waals surface area contributed by atoms with E-state index in [0.29, 0.717) is 16.9 Å². The molecule has 8 aromatic rings. The molecule has 4 nitrogen and oxygen atoms in total. The first kappa shape index (κ1) is 39.0. The van der Waals surface area contributed by atoms with Crippen LogP contribution in [0.1, 0.15) is 140 Å². The second-order valence-corrected chi connectivity index (χ2v) is 22.4. The van der Waals surface area contributed by atoms with E-state index in [4.69, 9.17) is 18.2 Å². The molecule has 0 saturated carbocycles. The Kier molecular flexibility index (Phi) is 9.78. The number of hydrogen-bond acceptors (Lipinski definition) is 3. The molecule has 0 spiro atoms. The van der Waals surface area contributed by atoms with E-state index < -0.39 is 35.7 Å². The maximum Gasteiger partial charge on any atom is 0.149 e. The van der Waals surface area contributed by atoms with Crippen LogP contribution in [-0.2, 0) is 27.1 Å². The van der Waals surface area contributed by atoms with Gasteiger partial charge in [0.25, 0.3) is 0 Å². The average Bonchev–Trinajstić information content (AvgIpc) is 3.69. The van der Waals surface area contributed by atoms with Crippen LogP contribution in [0.3, 0.4) is 0 Å². The third kappa shape index (κ3) is 9.12. The van der Waals surface area contributed by atoms with Crippen LogP contribution in [0.2, 0.25) is 0 Å². The normalized spacial score (nSPS) is 14.6. The van der Waals surface area contributed by atoms with Crippen LogP contribution < -0.4 is 0 Å². The van der Waals surface area contributed by atoms with Gasteiger partial charge in [0.15, 0.2) is 0 Å². The van der Waals surface area contributed by atoms with Gasteiger partial charge in [-0.05, 0) is 126 Å². The van der Waals surface area contributed by atoms with Gasteiger partial charge in [0, 0.05) is 31.1 Å². The molecular formula is C62H69N3O. The summed E-state index contributed by atoms with van der Waals surface area (Å²) in [5.74, 6) is -0.0946. The molecule has 8 rings (SSSR count). The van der Waals surface area contributed by atoms with E-state index in [1.807, 2.05) is 69.4 Å². The first-order valence-corrected chi connectivity index (χ1v) is 23.1. The number of fused-ring (bicyclic) bond motifs is 1. The zero-order valence-electron chi connectivity index (χ0n) is 47.1. The fourth-order valence-electron chi connectivity index (χ4n) is 8.81. The summed E-state index contributed by atoms with van der Waals surface area (Å²) in [5, 5.41) is 12.8. The van der Waals surface area contributed by atoms with Crippen molar-refractivity contribution in [2.24, 2.45) is 0 Å². The van der Waals surface area contributed by atoms with E-state index in [0.717, 1.165) is 67.0 Å². The zero-order valence-corrected chi connectivity index (χ0v) is 41.1. The van der Waals surface area contributed by atoms with Crippen molar-refractivity contribution in [3.8, 4) is 67.5 Å². The van der Waals surface area contributed by atoms with Gasteiger partial charge in [0.2, 0.25) is 0 Å². The van der Waals surface area contributed by atoms with Crippen LogP contribution in [-0.4, -0.2) is 19.6 Å². The molecule has 0 radical (unpaired) electrons. The second kappa shape index (κ2) is 16.6. The van der Waals surface area contributed by atoms with Crippen molar-refractivity contribution in [2.45, 2.75) is 131 Å². The molecule has 0 aliphatic rings. The van der Waals surface area contributed by atoms with Gasteiger partial charge in [0.1, 0.15) is 11.6 Å². The fraction of sp³-hybridized carbons (Fsp3) is 0.323. The molecule has 66 heavy (non-hydrogen) atoms. The smallest absolute Gasteiger partial charge is 0.149 e. The monoisotopic (exact) mass is 878 g/mol. The Hall–Kier alpha value is -6.26. The Morgan fingerprint density at radius 1 is 0.455 bits per heavy atom. The number of benzene rings is 6. The number of imidazole rings is 1. The summed E-state index contributed by atoms with van der Waals surface area (Å²) in [6.45, 7) is 20.9. The summed E-state index contributed by atoms with van der Waals surface area (Å²) < 4.78 is 54.3. The molecule has 0 aliphatic carbocycles. The molecule has 0 saturated heterocycles. The number of pyridine rings is 1. The lowest BCUT2D eigenvalue weighted by molar-refractivity contribution is 0.446. The number of nitrogens with zero attached hydrogens (tertiary/aromatic N) is 3. The standard InChI is InChI=1S/C62H69N3O/c1-58(2,3)45-27-24-40(25-28-45)42-30-31-63-52(36-42)44-32-43(33-46(34-44)59(4,5)6)48-22-19-23-54-55(48)64-57(49-37-47(60(7,8)9)38-51(56(49)66)62(13,14)15)65(54)53-29-26-41(35-50(53)61(10,11)12)39-20-17-16-18-21-39/h16-38,66H,1-15H3/i13D3,14D3. The predicted octanol–water partition coefficient (Wildman–Crippen LogP) is 16.9. The van der Waals surface area contributed by atoms with Crippen LogP contribution in [0.25, 0.3) is 72.7 Å². The summed E-state index contributed by atoms with van der Waals surface area (Å²) in [6, 6.07) is 45.7. The SMILES string of the molecule is [2H]C([2H])([2H])C(C)(c1cc(C(C)(C)C)cc(-c2nc3c(-c4cc(-c5cc(-c6ccc(C(C)(C)C)cc6)ccn5)cc(C(C)(C)C)c4)cccc3n2-c2ccc(-c3ccccc3)cc2C(C)(C)C)c1O)C([2H])([2H])[2H]. The summed E-state index contributed by atoms with van der Waals surface area (Å²) in [5.41, 5.74) is 10.4. The number of aromatic nitrogens is 3. The number of phenols is 1. The van der Waals surface area contributed by atoms with Crippen molar-refractivity contribution in [3.63, 3.8) is 0 Å². The first-order valence-electron chi connectivity index (χ1n) is 26.1. The highest BCUT2D eigenvalue weighted by atomic mass is 16.3.